The first kappa shape index (κ1) is 22.1. The molecule has 0 spiro atoms. The fourth-order valence-corrected chi connectivity index (χ4v) is 0.377. The number of carbonyl (C=O) groups excluding carboxylic acids is 1. The second-order valence-electron chi connectivity index (χ2n) is 2.01. The molecule has 20 heavy (non-hydrogen) atoms. The third-order valence-corrected chi connectivity index (χ3v) is 0.880. The van der Waals surface area contributed by atoms with Crippen LogP contribution in [0, 0.1) is 90.5 Å². The van der Waals surface area contributed by atoms with E-state index in [4.69, 9.17) is 12.8 Å². The summed E-state index contributed by atoms with van der Waals surface area (Å²) in [6.07, 6.45) is 13.2. The topological polar surface area (TPSA) is 26.3 Å². The Kier molecular flexibility index (Phi) is 27.5. The van der Waals surface area contributed by atoms with E-state index in [2.05, 4.69) is 63.9 Å². The summed E-state index contributed by atoms with van der Waals surface area (Å²) in [5, 5.41) is 0. The van der Waals surface area contributed by atoms with Gasteiger partial charge in [0, 0.05) is 0 Å². The molecule has 0 aliphatic heterocycles. The van der Waals surface area contributed by atoms with Crippen molar-refractivity contribution < 1.29 is 28.1 Å². The van der Waals surface area contributed by atoms with Crippen LogP contribution in [0.15, 0.2) is 0 Å². The Hall–Kier alpha value is -3.16. The summed E-state index contributed by atoms with van der Waals surface area (Å²) in [4.78, 5) is 9.30. The molecule has 0 rings (SSSR count). The van der Waals surface area contributed by atoms with E-state index in [0.717, 1.165) is 6.47 Å². The fourth-order valence-electron chi connectivity index (χ4n) is 0.377. The molecule has 0 aromatic rings. The molecule has 0 heterocycles. The molecule has 0 aromatic heterocycles. The van der Waals surface area contributed by atoms with E-state index in [0.29, 0.717) is 0 Å². The van der Waals surface area contributed by atoms with Gasteiger partial charge in [0.15, 0.2) is 6.47 Å². The van der Waals surface area contributed by atoms with Gasteiger partial charge in [0.1, 0.15) is 0 Å². The van der Waals surface area contributed by atoms with Crippen LogP contribution in [-0.4, -0.2) is 6.47 Å². The third-order valence-electron chi connectivity index (χ3n) is 0.880. The molecule has 0 unspecified atom stereocenters. The molecule has 91 valence electrons. The molecule has 0 aromatic carbocycles. The summed E-state index contributed by atoms with van der Waals surface area (Å²) in [6, 6.07) is 0. The second-order valence-corrected chi connectivity index (χ2v) is 2.01. The maximum atomic E-state index is 9.30. The van der Waals surface area contributed by atoms with Crippen molar-refractivity contribution in [1.29, 1.82) is 0 Å². The predicted molar refractivity (Wildman–Crippen MR) is 73.3 cm³/mol. The maximum Gasteiger partial charge on any atom is 2.00 e. The molecule has 3 heteroatoms. The number of hydrogen-bond donors (Lipinski definition) is 0. The molecule has 0 saturated carbocycles. The summed E-state index contributed by atoms with van der Waals surface area (Å²) in [5.74, 6) is 25.7. The summed E-state index contributed by atoms with van der Waals surface area (Å²) in [7, 11) is 0. The van der Waals surface area contributed by atoms with Gasteiger partial charge < -0.3 is 9.53 Å². The second kappa shape index (κ2) is 24.9. The van der Waals surface area contributed by atoms with Gasteiger partial charge in [0.2, 0.25) is 0 Å². The number of terminal acetylenes is 2. The van der Waals surface area contributed by atoms with Crippen molar-refractivity contribution in [2.75, 3.05) is 0 Å². The molecule has 0 N–H and O–H groups in total. The van der Waals surface area contributed by atoms with Crippen molar-refractivity contribution in [2.24, 2.45) is 0 Å². The average Bonchev–Trinajstić information content (AvgIpc) is 2.43. The van der Waals surface area contributed by atoms with Crippen LogP contribution >= 0.6 is 0 Å². The van der Waals surface area contributed by atoms with Crippen LogP contribution in [-0.2, 0) is 28.1 Å². The van der Waals surface area contributed by atoms with E-state index in [-0.39, 0.29) is 18.6 Å². The summed E-state index contributed by atoms with van der Waals surface area (Å²) in [5.41, 5.74) is 0. The zero-order chi connectivity index (χ0) is 14.6. The minimum absolute atomic E-state index is 0. The Morgan fingerprint density at radius 1 is 0.900 bits per heavy atom. The zero-order valence-electron chi connectivity index (χ0n) is 10.5. The Labute approximate surface area is 132 Å². The third kappa shape index (κ3) is 29.4. The zero-order valence-corrected chi connectivity index (χ0v) is 11.9. The molecule has 0 aliphatic carbocycles. The van der Waals surface area contributed by atoms with Crippen molar-refractivity contribution in [2.45, 2.75) is 6.92 Å². The Morgan fingerprint density at radius 3 is 1.90 bits per heavy atom. The molecular formula is C17H6O2V. The molecule has 2 nitrogen and oxygen atoms in total. The largest absolute Gasteiger partial charge is 2.00 e. The van der Waals surface area contributed by atoms with Gasteiger partial charge in [-0.05, 0) is 41.4 Å². The van der Waals surface area contributed by atoms with Gasteiger partial charge in [-0.3, -0.25) is 5.92 Å². The molecule has 0 aliphatic rings. The van der Waals surface area contributed by atoms with Crippen molar-refractivity contribution in [3.05, 3.63) is 6.42 Å². The van der Waals surface area contributed by atoms with Gasteiger partial charge in [0.25, 0.3) is 0 Å². The van der Waals surface area contributed by atoms with Crippen LogP contribution in [0.3, 0.4) is 0 Å². The van der Waals surface area contributed by atoms with Crippen LogP contribution in [0.1, 0.15) is 6.92 Å². The van der Waals surface area contributed by atoms with Crippen molar-refractivity contribution >= 4 is 6.47 Å². The first-order valence-electron chi connectivity index (χ1n) is 4.56. The molecule has 0 saturated heterocycles. The first-order valence-corrected chi connectivity index (χ1v) is 4.56. The Bertz CT molecular complexity index is 661. The van der Waals surface area contributed by atoms with Crippen molar-refractivity contribution in [1.82, 2.24) is 0 Å². The molecular weight excluding hydrogens is 287 g/mol. The van der Waals surface area contributed by atoms with E-state index in [1.807, 2.05) is 19.0 Å². The van der Waals surface area contributed by atoms with E-state index < -0.39 is 0 Å². The van der Waals surface area contributed by atoms with Crippen LogP contribution in [0.5, 0.6) is 0 Å². The summed E-state index contributed by atoms with van der Waals surface area (Å²) >= 11 is 0. The normalized spacial score (nSPS) is 3.95. The van der Waals surface area contributed by atoms with Gasteiger partial charge in [0.05, 0.1) is 0 Å². The van der Waals surface area contributed by atoms with E-state index in [9.17, 15) is 4.79 Å². The molecule has 0 bridgehead atoms. The van der Waals surface area contributed by atoms with Crippen LogP contribution in [0.2, 0.25) is 0 Å². The summed E-state index contributed by atoms with van der Waals surface area (Å²) in [6.45, 7) is 2.94. The van der Waals surface area contributed by atoms with Gasteiger partial charge in [-0.2, -0.15) is 6.42 Å². The van der Waals surface area contributed by atoms with Gasteiger partial charge in [-0.15, -0.1) is 31.8 Å². The Balaban J connectivity index is -0.000000277. The monoisotopic (exact) mass is 293 g/mol. The standard InChI is InChI=1S/C10H5.C7HO2.V/c1-3-5-7-9-10-8-6-4-2;1-2-3-4-5-6-9-7-8;/h1,4H,2H3;1H;/q2*-1;+2. The molecule has 1 radical (unpaired) electrons. The maximum absolute atomic E-state index is 9.30. The average molecular weight is 293 g/mol. The van der Waals surface area contributed by atoms with Gasteiger partial charge in [-0.1, -0.05) is 5.92 Å². The molecule has 0 atom stereocenters. The van der Waals surface area contributed by atoms with Crippen LogP contribution < -0.4 is 0 Å². The Morgan fingerprint density at radius 2 is 1.40 bits per heavy atom. The SMILES string of the molecule is C#CC#CC#CC#C[CH-]C.C#CC#CC#CO[C-]=O.[V+2]. The van der Waals surface area contributed by atoms with E-state index >= 15 is 0 Å². The number of hydrogen-bond acceptors (Lipinski definition) is 2. The predicted octanol–water partition coefficient (Wildman–Crippen LogP) is 0.519. The molecule has 0 fully saturated rings. The van der Waals surface area contributed by atoms with Crippen molar-refractivity contribution in [3.8, 4) is 84.1 Å². The number of ether oxygens (including phenoxy) is 1. The number of rotatable bonds is 1. The van der Waals surface area contributed by atoms with E-state index in [1.54, 1.807) is 6.42 Å². The van der Waals surface area contributed by atoms with Gasteiger partial charge >= 0.3 is 18.6 Å². The smallest absolute Gasteiger partial charge is 0.573 e. The van der Waals surface area contributed by atoms with Crippen LogP contribution in [0.25, 0.3) is 0 Å². The fraction of sp³-hybridized carbons (Fsp3) is 0.0588. The first-order chi connectivity index (χ1) is 9.33. The van der Waals surface area contributed by atoms with Crippen LogP contribution in [0.4, 0.5) is 0 Å². The van der Waals surface area contributed by atoms with Crippen molar-refractivity contribution in [3.63, 3.8) is 0 Å². The van der Waals surface area contributed by atoms with E-state index in [1.165, 1.54) is 0 Å². The van der Waals surface area contributed by atoms with Gasteiger partial charge in [-0.25, -0.2) is 5.92 Å². The summed E-state index contributed by atoms with van der Waals surface area (Å²) < 4.78 is 3.84. The molecule has 0 amide bonds. The minimum atomic E-state index is 0. The minimum Gasteiger partial charge on any atom is -0.573 e. The quantitative estimate of drug-likeness (QED) is 0.520.